The number of carbonyl (C=O) groups excluding carboxylic acids is 1. The number of methoxy groups -OCH3 is 1. The predicted molar refractivity (Wildman–Crippen MR) is 73.2 cm³/mol. The van der Waals surface area contributed by atoms with Gasteiger partial charge in [0.1, 0.15) is 11.4 Å². The van der Waals surface area contributed by atoms with Crippen molar-refractivity contribution in [1.29, 1.82) is 0 Å². The summed E-state index contributed by atoms with van der Waals surface area (Å²) >= 11 is 0. The van der Waals surface area contributed by atoms with Gasteiger partial charge in [0.05, 0.1) is 7.11 Å². The Morgan fingerprint density at radius 3 is 2.65 bits per heavy atom. The highest BCUT2D eigenvalue weighted by molar-refractivity contribution is 5.95. The van der Waals surface area contributed by atoms with Crippen molar-refractivity contribution < 1.29 is 13.9 Å². The average Bonchev–Trinajstić information content (AvgIpc) is 2.42. The zero-order valence-corrected chi connectivity index (χ0v) is 11.3. The Balaban J connectivity index is 2.45. The number of amides is 1. The molecule has 1 amide bonds. The maximum absolute atomic E-state index is 13.7. The molecule has 0 unspecified atom stereocenters. The number of benzene rings is 1. The molecule has 0 atom stereocenters. The summed E-state index contributed by atoms with van der Waals surface area (Å²) in [5.74, 6) is -0.722. The summed E-state index contributed by atoms with van der Waals surface area (Å²) in [6.07, 6.45) is 0.343. The van der Waals surface area contributed by atoms with Gasteiger partial charge in [0.15, 0.2) is 0 Å². The highest BCUT2D eigenvalue weighted by atomic mass is 19.1. The minimum absolute atomic E-state index is 0.187. The van der Waals surface area contributed by atoms with Crippen molar-refractivity contribution in [3.63, 3.8) is 0 Å². The second-order valence-electron chi connectivity index (χ2n) is 4.42. The molecule has 4 nitrogen and oxygen atoms in total. The maximum atomic E-state index is 13.7. The summed E-state index contributed by atoms with van der Waals surface area (Å²) in [5.41, 5.74) is 7.45. The minimum Gasteiger partial charge on any atom is -0.480 e. The van der Waals surface area contributed by atoms with Gasteiger partial charge in [-0.3, -0.25) is 4.79 Å². The van der Waals surface area contributed by atoms with Crippen LogP contribution in [0.5, 0.6) is 5.88 Å². The second kappa shape index (κ2) is 5.69. The molecule has 0 saturated heterocycles. The molecule has 0 aliphatic heterocycles. The highest BCUT2D eigenvalue weighted by Gasteiger charge is 2.15. The number of rotatable bonds is 4. The molecule has 1 heterocycles. The van der Waals surface area contributed by atoms with Gasteiger partial charge in [0.25, 0.3) is 5.91 Å². The van der Waals surface area contributed by atoms with E-state index in [1.807, 2.05) is 0 Å². The molecule has 1 aromatic carbocycles. The monoisotopic (exact) mass is 274 g/mol. The molecule has 0 aliphatic rings. The van der Waals surface area contributed by atoms with E-state index in [1.165, 1.54) is 13.2 Å². The number of primary amides is 1. The zero-order valence-electron chi connectivity index (χ0n) is 11.3. The summed E-state index contributed by atoms with van der Waals surface area (Å²) in [6.45, 7) is 1.78. The summed E-state index contributed by atoms with van der Waals surface area (Å²) in [6, 6.07) is 8.10. The number of aryl methyl sites for hydroxylation is 1. The van der Waals surface area contributed by atoms with Crippen LogP contribution in [-0.4, -0.2) is 18.0 Å². The molecule has 104 valence electrons. The number of halogens is 1. The lowest BCUT2D eigenvalue weighted by atomic mass is 10.0. The topological polar surface area (TPSA) is 65.2 Å². The Bertz CT molecular complexity index is 656. The zero-order chi connectivity index (χ0) is 14.7. The third kappa shape index (κ3) is 2.77. The third-order valence-electron chi connectivity index (χ3n) is 3.08. The van der Waals surface area contributed by atoms with Crippen molar-refractivity contribution >= 4 is 5.91 Å². The second-order valence-corrected chi connectivity index (χ2v) is 4.42. The highest BCUT2D eigenvalue weighted by Crippen LogP contribution is 2.22. The van der Waals surface area contributed by atoms with Gasteiger partial charge in [0, 0.05) is 12.1 Å². The number of hydrogen-bond donors (Lipinski definition) is 1. The van der Waals surface area contributed by atoms with E-state index >= 15 is 0 Å². The van der Waals surface area contributed by atoms with E-state index < -0.39 is 5.91 Å². The first-order chi connectivity index (χ1) is 9.52. The first-order valence-corrected chi connectivity index (χ1v) is 6.10. The fraction of sp³-hybridized carbons (Fsp3) is 0.200. The lowest BCUT2D eigenvalue weighted by Gasteiger charge is -2.11. The van der Waals surface area contributed by atoms with E-state index in [-0.39, 0.29) is 17.3 Å². The molecule has 20 heavy (non-hydrogen) atoms. The van der Waals surface area contributed by atoms with Crippen LogP contribution in [0, 0.1) is 12.7 Å². The quantitative estimate of drug-likeness (QED) is 0.929. The number of aromatic nitrogens is 1. The largest absolute Gasteiger partial charge is 0.480 e. The summed E-state index contributed by atoms with van der Waals surface area (Å²) in [4.78, 5) is 15.6. The Hall–Kier alpha value is -2.43. The van der Waals surface area contributed by atoms with E-state index in [2.05, 4.69) is 4.98 Å². The van der Waals surface area contributed by atoms with Crippen LogP contribution >= 0.6 is 0 Å². The van der Waals surface area contributed by atoms with Crippen molar-refractivity contribution in [2.24, 2.45) is 5.73 Å². The van der Waals surface area contributed by atoms with E-state index in [1.54, 1.807) is 31.2 Å². The fourth-order valence-corrected chi connectivity index (χ4v) is 1.98. The van der Waals surface area contributed by atoms with Crippen LogP contribution in [0.3, 0.4) is 0 Å². The number of pyridine rings is 1. The normalized spacial score (nSPS) is 10.3. The van der Waals surface area contributed by atoms with Crippen LogP contribution < -0.4 is 10.5 Å². The van der Waals surface area contributed by atoms with E-state index in [4.69, 9.17) is 10.5 Å². The van der Waals surface area contributed by atoms with Crippen LogP contribution in [0.1, 0.15) is 27.2 Å². The molecule has 0 saturated carbocycles. The molecule has 2 rings (SSSR count). The standard InChI is InChI=1S/C15H15FN2O2/c1-9-11(7-10-5-3-4-6-13(10)16)8-12(14(17)19)15(18-9)20-2/h3-6,8H,7H2,1-2H3,(H2,17,19). The van der Waals surface area contributed by atoms with Gasteiger partial charge in [0.2, 0.25) is 5.88 Å². The van der Waals surface area contributed by atoms with Gasteiger partial charge >= 0.3 is 0 Å². The van der Waals surface area contributed by atoms with Gasteiger partial charge in [-0.2, -0.15) is 0 Å². The van der Waals surface area contributed by atoms with Crippen LogP contribution in [0.2, 0.25) is 0 Å². The molecule has 0 radical (unpaired) electrons. The lowest BCUT2D eigenvalue weighted by molar-refractivity contribution is 0.0996. The van der Waals surface area contributed by atoms with Crippen LogP contribution in [-0.2, 0) is 6.42 Å². The van der Waals surface area contributed by atoms with Gasteiger partial charge in [-0.15, -0.1) is 0 Å². The molecule has 2 aromatic rings. The number of nitrogens with zero attached hydrogens (tertiary/aromatic N) is 1. The molecule has 0 spiro atoms. The molecular formula is C15H15FN2O2. The Morgan fingerprint density at radius 1 is 1.35 bits per heavy atom. The summed E-state index contributed by atoms with van der Waals surface area (Å²) < 4.78 is 18.7. The summed E-state index contributed by atoms with van der Waals surface area (Å²) in [7, 11) is 1.42. The molecule has 2 N–H and O–H groups in total. The SMILES string of the molecule is COc1nc(C)c(Cc2ccccc2F)cc1C(N)=O. The number of hydrogen-bond acceptors (Lipinski definition) is 3. The first kappa shape index (κ1) is 14.0. The smallest absolute Gasteiger partial charge is 0.254 e. The van der Waals surface area contributed by atoms with Gasteiger partial charge in [-0.1, -0.05) is 18.2 Å². The number of nitrogens with two attached hydrogens (primary N) is 1. The fourth-order valence-electron chi connectivity index (χ4n) is 1.98. The molecule has 0 bridgehead atoms. The van der Waals surface area contributed by atoms with Crippen LogP contribution in [0.15, 0.2) is 30.3 Å². The third-order valence-corrected chi connectivity index (χ3v) is 3.08. The van der Waals surface area contributed by atoms with Crippen molar-refractivity contribution in [2.75, 3.05) is 7.11 Å². The van der Waals surface area contributed by atoms with Crippen LogP contribution in [0.4, 0.5) is 4.39 Å². The lowest BCUT2D eigenvalue weighted by Crippen LogP contribution is -2.15. The van der Waals surface area contributed by atoms with E-state index in [9.17, 15) is 9.18 Å². The van der Waals surface area contributed by atoms with Crippen molar-refractivity contribution in [2.45, 2.75) is 13.3 Å². The molecular weight excluding hydrogens is 259 g/mol. The van der Waals surface area contributed by atoms with Crippen molar-refractivity contribution in [3.8, 4) is 5.88 Å². The summed E-state index contributed by atoms with van der Waals surface area (Å²) in [5, 5.41) is 0. The van der Waals surface area contributed by atoms with E-state index in [0.717, 1.165) is 5.56 Å². The molecule has 5 heteroatoms. The molecule has 0 aliphatic carbocycles. The minimum atomic E-state index is -0.621. The Morgan fingerprint density at radius 2 is 2.05 bits per heavy atom. The first-order valence-electron chi connectivity index (χ1n) is 6.10. The van der Waals surface area contributed by atoms with Gasteiger partial charge in [-0.05, 0) is 30.2 Å². The maximum Gasteiger partial charge on any atom is 0.254 e. The number of carbonyl (C=O) groups is 1. The van der Waals surface area contributed by atoms with Crippen LogP contribution in [0.25, 0.3) is 0 Å². The Labute approximate surface area is 116 Å². The molecule has 1 aromatic heterocycles. The van der Waals surface area contributed by atoms with Crippen molar-refractivity contribution in [3.05, 3.63) is 58.5 Å². The van der Waals surface area contributed by atoms with Gasteiger partial charge < -0.3 is 10.5 Å². The average molecular weight is 274 g/mol. The van der Waals surface area contributed by atoms with Gasteiger partial charge in [-0.25, -0.2) is 9.37 Å². The molecule has 0 fully saturated rings. The predicted octanol–water partition coefficient (Wildman–Crippen LogP) is 2.23. The van der Waals surface area contributed by atoms with E-state index in [0.29, 0.717) is 17.7 Å². The van der Waals surface area contributed by atoms with Crippen molar-refractivity contribution in [1.82, 2.24) is 4.98 Å². The number of ether oxygens (including phenoxy) is 1. The Kier molecular flexibility index (Phi) is 3.98.